The van der Waals surface area contributed by atoms with Crippen molar-refractivity contribution in [1.82, 2.24) is 0 Å². The fraction of sp³-hybridized carbons (Fsp3) is 0.286. The average molecular weight is 232 g/mol. The van der Waals surface area contributed by atoms with Gasteiger partial charge in [-0.2, -0.15) is 0 Å². The Morgan fingerprint density at radius 1 is 1.19 bits per heavy atom. The molecule has 2 heteroatoms. The summed E-state index contributed by atoms with van der Waals surface area (Å²) in [6, 6.07) is 10.5. The minimum Gasteiger partial charge on any atom is -0.396 e. The van der Waals surface area contributed by atoms with E-state index in [0.29, 0.717) is 0 Å². The van der Waals surface area contributed by atoms with E-state index in [0.717, 1.165) is 12.8 Å². The maximum absolute atomic E-state index is 8.95. The molecule has 1 aromatic heterocycles. The van der Waals surface area contributed by atoms with Crippen molar-refractivity contribution in [3.8, 4) is 0 Å². The Morgan fingerprint density at radius 2 is 1.94 bits per heavy atom. The second-order valence-electron chi connectivity index (χ2n) is 3.95. The van der Waals surface area contributed by atoms with E-state index in [1.807, 2.05) is 6.07 Å². The Balaban J connectivity index is 2.16. The van der Waals surface area contributed by atoms with Gasteiger partial charge < -0.3 is 5.11 Å². The number of hydrogen-bond acceptors (Lipinski definition) is 2. The van der Waals surface area contributed by atoms with Crippen LogP contribution in [-0.2, 0) is 12.8 Å². The van der Waals surface area contributed by atoms with E-state index >= 15 is 0 Å². The Morgan fingerprint density at radius 3 is 2.62 bits per heavy atom. The average Bonchev–Trinajstić information content (AvgIpc) is 2.64. The molecule has 84 valence electrons. The summed E-state index contributed by atoms with van der Waals surface area (Å²) >= 11 is 1.76. The van der Waals surface area contributed by atoms with Gasteiger partial charge in [0.25, 0.3) is 0 Å². The van der Waals surface area contributed by atoms with Crippen LogP contribution >= 0.6 is 11.3 Å². The first-order chi connectivity index (χ1) is 7.81. The Bertz CT molecular complexity index is 445. The number of aliphatic hydroxyl groups excluding tert-OH is 1. The molecular weight excluding hydrogens is 216 g/mol. The zero-order valence-corrected chi connectivity index (χ0v) is 10.3. The van der Waals surface area contributed by atoms with Gasteiger partial charge in [-0.1, -0.05) is 30.3 Å². The SMILES string of the molecule is Cc1c(Cc2ccccc2)csc1CCO. The molecule has 2 rings (SSSR count). The van der Waals surface area contributed by atoms with Crippen molar-refractivity contribution in [3.63, 3.8) is 0 Å². The minimum absolute atomic E-state index is 0.242. The predicted molar refractivity (Wildman–Crippen MR) is 69.1 cm³/mol. The third-order valence-corrected chi connectivity index (χ3v) is 4.02. The molecule has 0 amide bonds. The Hall–Kier alpha value is -1.12. The fourth-order valence-corrected chi connectivity index (χ4v) is 2.90. The summed E-state index contributed by atoms with van der Waals surface area (Å²) in [6.45, 7) is 2.39. The van der Waals surface area contributed by atoms with Gasteiger partial charge in [0.1, 0.15) is 0 Å². The molecule has 0 bridgehead atoms. The predicted octanol–water partition coefficient (Wildman–Crippen LogP) is 3.18. The summed E-state index contributed by atoms with van der Waals surface area (Å²) in [7, 11) is 0. The van der Waals surface area contributed by atoms with Crippen LogP contribution in [-0.4, -0.2) is 11.7 Å². The maximum atomic E-state index is 8.95. The first kappa shape index (κ1) is 11.4. The lowest BCUT2D eigenvalue weighted by molar-refractivity contribution is 0.300. The van der Waals surface area contributed by atoms with Crippen molar-refractivity contribution in [2.75, 3.05) is 6.61 Å². The van der Waals surface area contributed by atoms with Gasteiger partial charge in [0.05, 0.1) is 0 Å². The molecule has 0 fully saturated rings. The number of rotatable bonds is 4. The van der Waals surface area contributed by atoms with Gasteiger partial charge in [-0.3, -0.25) is 0 Å². The molecule has 0 saturated carbocycles. The molecule has 1 nitrogen and oxygen atoms in total. The number of thiophene rings is 1. The van der Waals surface area contributed by atoms with E-state index in [4.69, 9.17) is 5.11 Å². The van der Waals surface area contributed by atoms with Crippen LogP contribution in [0.15, 0.2) is 35.7 Å². The van der Waals surface area contributed by atoms with Gasteiger partial charge in [-0.25, -0.2) is 0 Å². The second-order valence-corrected chi connectivity index (χ2v) is 4.91. The molecule has 0 aliphatic heterocycles. The van der Waals surface area contributed by atoms with E-state index in [1.165, 1.54) is 21.6 Å². The molecule has 0 aliphatic carbocycles. The van der Waals surface area contributed by atoms with Crippen LogP contribution in [0.1, 0.15) is 21.6 Å². The number of hydrogen-bond donors (Lipinski definition) is 1. The quantitative estimate of drug-likeness (QED) is 0.858. The van der Waals surface area contributed by atoms with E-state index < -0.39 is 0 Å². The molecule has 2 aromatic rings. The van der Waals surface area contributed by atoms with Crippen LogP contribution in [0.5, 0.6) is 0 Å². The lowest BCUT2D eigenvalue weighted by Crippen LogP contribution is -1.92. The summed E-state index contributed by atoms with van der Waals surface area (Å²) in [5.41, 5.74) is 4.08. The van der Waals surface area contributed by atoms with Gasteiger partial charge in [0, 0.05) is 17.9 Å². The molecule has 0 atom stereocenters. The fourth-order valence-electron chi connectivity index (χ4n) is 1.84. The third kappa shape index (κ3) is 2.52. The zero-order valence-electron chi connectivity index (χ0n) is 9.44. The van der Waals surface area contributed by atoms with Crippen molar-refractivity contribution in [1.29, 1.82) is 0 Å². The lowest BCUT2D eigenvalue weighted by atomic mass is 10.0. The molecule has 0 spiro atoms. The van der Waals surface area contributed by atoms with Crippen LogP contribution < -0.4 is 0 Å². The van der Waals surface area contributed by atoms with Crippen LogP contribution in [0.4, 0.5) is 0 Å². The minimum atomic E-state index is 0.242. The first-order valence-corrected chi connectivity index (χ1v) is 6.40. The molecule has 1 heterocycles. The Kier molecular flexibility index (Phi) is 3.75. The van der Waals surface area contributed by atoms with Gasteiger partial charge in [0.15, 0.2) is 0 Å². The largest absolute Gasteiger partial charge is 0.396 e. The van der Waals surface area contributed by atoms with Crippen LogP contribution in [0.3, 0.4) is 0 Å². The molecule has 0 saturated heterocycles. The van der Waals surface area contributed by atoms with Gasteiger partial charge in [-0.05, 0) is 35.4 Å². The van der Waals surface area contributed by atoms with Crippen molar-refractivity contribution in [2.24, 2.45) is 0 Å². The summed E-state index contributed by atoms with van der Waals surface area (Å²) in [4.78, 5) is 1.31. The van der Waals surface area contributed by atoms with Crippen LogP contribution in [0.25, 0.3) is 0 Å². The highest BCUT2D eigenvalue weighted by molar-refractivity contribution is 7.10. The normalized spacial score (nSPS) is 10.6. The lowest BCUT2D eigenvalue weighted by Gasteiger charge is -2.02. The van der Waals surface area contributed by atoms with E-state index in [9.17, 15) is 0 Å². The van der Waals surface area contributed by atoms with Crippen LogP contribution in [0.2, 0.25) is 0 Å². The smallest absolute Gasteiger partial charge is 0.0479 e. The summed E-state index contributed by atoms with van der Waals surface area (Å²) in [6.07, 6.45) is 1.78. The van der Waals surface area contributed by atoms with Crippen molar-refractivity contribution in [3.05, 3.63) is 57.3 Å². The highest BCUT2D eigenvalue weighted by Gasteiger charge is 2.07. The molecule has 16 heavy (non-hydrogen) atoms. The van der Waals surface area contributed by atoms with Crippen LogP contribution in [0, 0.1) is 6.92 Å². The van der Waals surface area contributed by atoms with Crippen molar-refractivity contribution < 1.29 is 5.11 Å². The topological polar surface area (TPSA) is 20.2 Å². The monoisotopic (exact) mass is 232 g/mol. The molecular formula is C14H16OS. The van der Waals surface area contributed by atoms with E-state index in [2.05, 4.69) is 36.6 Å². The van der Waals surface area contributed by atoms with E-state index in [-0.39, 0.29) is 6.61 Å². The van der Waals surface area contributed by atoms with Gasteiger partial charge >= 0.3 is 0 Å². The third-order valence-electron chi connectivity index (χ3n) is 2.82. The zero-order chi connectivity index (χ0) is 11.4. The summed E-state index contributed by atoms with van der Waals surface area (Å²) < 4.78 is 0. The number of benzene rings is 1. The van der Waals surface area contributed by atoms with Crippen molar-refractivity contribution in [2.45, 2.75) is 19.8 Å². The molecule has 0 aliphatic rings. The van der Waals surface area contributed by atoms with Gasteiger partial charge in [0.2, 0.25) is 0 Å². The summed E-state index contributed by atoms with van der Waals surface area (Å²) in [5.74, 6) is 0. The molecule has 1 N–H and O–H groups in total. The van der Waals surface area contributed by atoms with E-state index in [1.54, 1.807) is 11.3 Å². The van der Waals surface area contributed by atoms with Gasteiger partial charge in [-0.15, -0.1) is 11.3 Å². The Labute approximate surface area is 100 Å². The standard InChI is InChI=1S/C14H16OS/c1-11-13(10-16-14(11)7-8-15)9-12-5-3-2-4-6-12/h2-6,10,15H,7-9H2,1H3. The highest BCUT2D eigenvalue weighted by atomic mass is 32.1. The maximum Gasteiger partial charge on any atom is 0.0479 e. The summed E-state index contributed by atoms with van der Waals surface area (Å²) in [5, 5.41) is 11.2. The van der Waals surface area contributed by atoms with Crippen molar-refractivity contribution >= 4 is 11.3 Å². The molecule has 1 aromatic carbocycles. The highest BCUT2D eigenvalue weighted by Crippen LogP contribution is 2.24. The molecule has 0 unspecified atom stereocenters. The molecule has 0 radical (unpaired) electrons. The number of aliphatic hydroxyl groups is 1. The second kappa shape index (κ2) is 5.28. The first-order valence-electron chi connectivity index (χ1n) is 5.52.